The Bertz CT molecular complexity index is 706. The second kappa shape index (κ2) is 9.84. The average Bonchev–Trinajstić information content (AvgIpc) is 2.99. The number of nitrogens with zero attached hydrogens (tertiary/aromatic N) is 1. The number of carbonyl (C=O) groups is 1. The van der Waals surface area contributed by atoms with E-state index < -0.39 is 0 Å². The van der Waals surface area contributed by atoms with Crippen molar-refractivity contribution >= 4 is 28.9 Å². The zero-order valence-electron chi connectivity index (χ0n) is 15.1. The Hall–Kier alpha value is -2.34. The highest BCUT2D eigenvalue weighted by Crippen LogP contribution is 2.16. The molecule has 5 nitrogen and oxygen atoms in total. The molecule has 0 spiro atoms. The third-order valence-corrected chi connectivity index (χ3v) is 4.68. The van der Waals surface area contributed by atoms with Gasteiger partial charge in [-0.15, -0.1) is 11.3 Å². The molecule has 3 N–H and O–H groups in total. The Morgan fingerprint density at radius 1 is 1.16 bits per heavy atom. The fourth-order valence-electron chi connectivity index (χ4n) is 2.34. The number of guanidine groups is 1. The van der Waals surface area contributed by atoms with Gasteiger partial charge in [0.05, 0.1) is 6.54 Å². The molecule has 0 atom stereocenters. The predicted molar refractivity (Wildman–Crippen MR) is 106 cm³/mol. The lowest BCUT2D eigenvalue weighted by Crippen LogP contribution is -2.38. The van der Waals surface area contributed by atoms with Crippen LogP contribution in [0.2, 0.25) is 0 Å². The van der Waals surface area contributed by atoms with E-state index in [-0.39, 0.29) is 5.91 Å². The number of carbonyl (C=O) groups excluding carboxylic acids is 1. The molecular weight excluding hydrogens is 332 g/mol. The van der Waals surface area contributed by atoms with Crippen molar-refractivity contribution in [3.05, 3.63) is 51.7 Å². The molecule has 0 saturated heterocycles. The van der Waals surface area contributed by atoms with Gasteiger partial charge in [-0.05, 0) is 55.0 Å². The molecule has 2 aromatic rings. The second-order valence-corrected chi connectivity index (χ2v) is 6.78. The van der Waals surface area contributed by atoms with E-state index in [1.54, 1.807) is 11.3 Å². The minimum absolute atomic E-state index is 0.0538. The summed E-state index contributed by atoms with van der Waals surface area (Å²) in [6, 6.07) is 10.0. The van der Waals surface area contributed by atoms with E-state index in [0.717, 1.165) is 31.2 Å². The molecule has 25 heavy (non-hydrogen) atoms. The summed E-state index contributed by atoms with van der Waals surface area (Å²) < 4.78 is 0. The molecule has 1 aromatic carbocycles. The molecule has 0 fully saturated rings. The number of hydrogen-bond donors (Lipinski definition) is 3. The summed E-state index contributed by atoms with van der Waals surface area (Å²) in [5.74, 6) is 0.784. The van der Waals surface area contributed by atoms with Crippen LogP contribution in [0.5, 0.6) is 0 Å². The van der Waals surface area contributed by atoms with Gasteiger partial charge in [0.15, 0.2) is 5.96 Å². The van der Waals surface area contributed by atoms with Crippen molar-refractivity contribution in [2.24, 2.45) is 4.99 Å². The van der Waals surface area contributed by atoms with E-state index >= 15 is 0 Å². The van der Waals surface area contributed by atoms with Gasteiger partial charge >= 0.3 is 0 Å². The molecule has 0 unspecified atom stereocenters. The van der Waals surface area contributed by atoms with E-state index in [9.17, 15) is 4.79 Å². The smallest absolute Gasteiger partial charge is 0.221 e. The van der Waals surface area contributed by atoms with E-state index in [0.29, 0.717) is 6.54 Å². The van der Waals surface area contributed by atoms with Crippen LogP contribution in [-0.4, -0.2) is 25.0 Å². The molecule has 6 heteroatoms. The Balaban J connectivity index is 1.84. The van der Waals surface area contributed by atoms with Crippen molar-refractivity contribution in [3.63, 3.8) is 0 Å². The minimum Gasteiger partial charge on any atom is -0.357 e. The first-order valence-electron chi connectivity index (χ1n) is 8.50. The van der Waals surface area contributed by atoms with Crippen LogP contribution in [0.15, 0.2) is 40.7 Å². The van der Waals surface area contributed by atoms with E-state index in [1.165, 1.54) is 22.9 Å². The lowest BCUT2D eigenvalue weighted by atomic mass is 10.1. The van der Waals surface area contributed by atoms with Crippen LogP contribution < -0.4 is 16.0 Å². The fourth-order valence-corrected chi connectivity index (χ4v) is 3.17. The molecule has 1 aromatic heterocycles. The lowest BCUT2D eigenvalue weighted by molar-refractivity contribution is -0.114. The minimum atomic E-state index is -0.0538. The lowest BCUT2D eigenvalue weighted by Gasteiger charge is -2.11. The summed E-state index contributed by atoms with van der Waals surface area (Å²) in [5, 5.41) is 11.5. The number of benzene rings is 1. The van der Waals surface area contributed by atoms with Crippen LogP contribution in [0, 0.1) is 6.92 Å². The molecule has 1 heterocycles. The maximum absolute atomic E-state index is 11.0. The molecule has 134 valence electrons. The zero-order chi connectivity index (χ0) is 18.1. The first-order chi connectivity index (χ1) is 12.1. The summed E-state index contributed by atoms with van der Waals surface area (Å²) >= 11 is 1.74. The molecule has 2 rings (SSSR count). The highest BCUT2D eigenvalue weighted by molar-refractivity contribution is 7.10. The third-order valence-electron chi connectivity index (χ3n) is 3.67. The Morgan fingerprint density at radius 2 is 1.92 bits per heavy atom. The van der Waals surface area contributed by atoms with Crippen LogP contribution in [0.1, 0.15) is 29.9 Å². The van der Waals surface area contributed by atoms with Crippen LogP contribution in [0.25, 0.3) is 0 Å². The van der Waals surface area contributed by atoms with E-state index in [2.05, 4.69) is 46.2 Å². The van der Waals surface area contributed by atoms with Gasteiger partial charge in [-0.1, -0.05) is 12.1 Å². The van der Waals surface area contributed by atoms with Crippen molar-refractivity contribution in [2.75, 3.05) is 18.4 Å². The summed E-state index contributed by atoms with van der Waals surface area (Å²) in [4.78, 5) is 17.0. The van der Waals surface area contributed by atoms with Crippen molar-refractivity contribution in [1.82, 2.24) is 10.6 Å². The van der Waals surface area contributed by atoms with Gasteiger partial charge in [-0.2, -0.15) is 0 Å². The molecule has 1 amide bonds. The van der Waals surface area contributed by atoms with Gasteiger partial charge in [0, 0.05) is 30.6 Å². The summed E-state index contributed by atoms with van der Waals surface area (Å²) in [7, 11) is 0. The monoisotopic (exact) mass is 358 g/mol. The van der Waals surface area contributed by atoms with Gasteiger partial charge in [-0.3, -0.25) is 4.79 Å². The quantitative estimate of drug-likeness (QED) is 0.525. The number of hydrogen-bond acceptors (Lipinski definition) is 3. The summed E-state index contributed by atoms with van der Waals surface area (Å²) in [5.41, 5.74) is 3.33. The Labute approximate surface area is 153 Å². The summed E-state index contributed by atoms with van der Waals surface area (Å²) in [6.07, 6.45) is 0.892. The Morgan fingerprint density at radius 3 is 2.52 bits per heavy atom. The highest BCUT2D eigenvalue weighted by Gasteiger charge is 2.02. The van der Waals surface area contributed by atoms with Crippen LogP contribution in [-0.2, 0) is 17.8 Å². The summed E-state index contributed by atoms with van der Waals surface area (Å²) in [6.45, 7) is 8.03. The molecule has 0 aliphatic heterocycles. The molecular formula is C19H26N4OS. The van der Waals surface area contributed by atoms with Gasteiger partial charge in [0.2, 0.25) is 5.91 Å². The van der Waals surface area contributed by atoms with Gasteiger partial charge in [0.1, 0.15) is 0 Å². The molecule has 0 aliphatic rings. The van der Waals surface area contributed by atoms with E-state index in [4.69, 9.17) is 0 Å². The van der Waals surface area contributed by atoms with E-state index in [1.807, 2.05) is 24.3 Å². The Kier molecular flexibility index (Phi) is 7.47. The van der Waals surface area contributed by atoms with Gasteiger partial charge in [-0.25, -0.2) is 4.99 Å². The molecule has 0 saturated carbocycles. The SMILES string of the molecule is CCNC(=NCc1sccc1C)NCCc1ccc(NC(C)=O)cc1. The van der Waals surface area contributed by atoms with Crippen molar-refractivity contribution in [3.8, 4) is 0 Å². The molecule has 0 bridgehead atoms. The van der Waals surface area contributed by atoms with Crippen molar-refractivity contribution in [2.45, 2.75) is 33.7 Å². The normalized spacial score (nSPS) is 11.2. The highest BCUT2D eigenvalue weighted by atomic mass is 32.1. The van der Waals surface area contributed by atoms with Crippen molar-refractivity contribution < 1.29 is 4.79 Å². The topological polar surface area (TPSA) is 65.5 Å². The second-order valence-electron chi connectivity index (χ2n) is 5.78. The molecule has 0 aliphatic carbocycles. The first kappa shape index (κ1) is 19.0. The maximum Gasteiger partial charge on any atom is 0.221 e. The predicted octanol–water partition coefficient (Wildman–Crippen LogP) is 3.31. The van der Waals surface area contributed by atoms with Crippen LogP contribution >= 0.6 is 11.3 Å². The maximum atomic E-state index is 11.0. The fraction of sp³-hybridized carbons (Fsp3) is 0.368. The number of anilines is 1. The zero-order valence-corrected chi connectivity index (χ0v) is 15.9. The number of nitrogens with one attached hydrogen (secondary N) is 3. The van der Waals surface area contributed by atoms with Gasteiger partial charge < -0.3 is 16.0 Å². The molecule has 0 radical (unpaired) electrons. The largest absolute Gasteiger partial charge is 0.357 e. The number of thiophene rings is 1. The first-order valence-corrected chi connectivity index (χ1v) is 9.38. The van der Waals surface area contributed by atoms with Crippen molar-refractivity contribution in [1.29, 1.82) is 0 Å². The number of rotatable bonds is 7. The van der Waals surface area contributed by atoms with Gasteiger partial charge in [0.25, 0.3) is 0 Å². The van der Waals surface area contributed by atoms with Crippen LogP contribution in [0.3, 0.4) is 0 Å². The average molecular weight is 359 g/mol. The number of aryl methyl sites for hydroxylation is 1. The number of amides is 1. The standard InChI is InChI=1S/C19H26N4OS/c1-4-20-19(22-13-18-14(2)10-12-25-18)21-11-9-16-5-7-17(8-6-16)23-15(3)24/h5-8,10,12H,4,9,11,13H2,1-3H3,(H,23,24)(H2,20,21,22). The van der Waals surface area contributed by atoms with Crippen LogP contribution in [0.4, 0.5) is 5.69 Å². The number of aliphatic imine (C=N–C) groups is 1. The third kappa shape index (κ3) is 6.58.